The maximum absolute atomic E-state index is 12.3. The Hall–Kier alpha value is -2.28. The number of methoxy groups -OCH3 is 1. The van der Waals surface area contributed by atoms with E-state index in [1.807, 2.05) is 16.7 Å². The monoisotopic (exact) mass is 413 g/mol. The molecule has 1 aliphatic heterocycles. The van der Waals surface area contributed by atoms with Gasteiger partial charge in [0.2, 0.25) is 0 Å². The van der Waals surface area contributed by atoms with Crippen molar-refractivity contribution in [2.45, 2.75) is 58.0 Å². The number of rotatable bonds is 7. The first kappa shape index (κ1) is 21.0. The molecule has 164 valence electrons. The highest BCUT2D eigenvalue weighted by Crippen LogP contribution is 2.29. The fraction of sp³-hybridized carbons (Fsp3) is 0.652. The highest BCUT2D eigenvalue weighted by Gasteiger charge is 2.25. The van der Waals surface area contributed by atoms with Crippen LogP contribution in [0.1, 0.15) is 44.9 Å². The van der Waals surface area contributed by atoms with E-state index < -0.39 is 0 Å². The molecule has 0 bridgehead atoms. The molecule has 1 aromatic heterocycles. The summed E-state index contributed by atoms with van der Waals surface area (Å²) in [5.74, 6) is 2.46. The van der Waals surface area contributed by atoms with Crippen molar-refractivity contribution in [2.24, 2.45) is 5.92 Å². The number of nitrogens with one attached hydrogen (secondary N) is 1. The first-order valence-corrected chi connectivity index (χ1v) is 11.4. The molecular formula is C23H35N5O2. The zero-order valence-electron chi connectivity index (χ0n) is 18.3. The minimum Gasteiger partial charge on any atom is -0.495 e. The van der Waals surface area contributed by atoms with Gasteiger partial charge in [-0.1, -0.05) is 31.4 Å². The highest BCUT2D eigenvalue weighted by molar-refractivity contribution is 5.58. The number of nitrogens with zero attached hydrogens (tertiary/aromatic N) is 4. The zero-order chi connectivity index (χ0) is 20.9. The molecular weight excluding hydrogens is 378 g/mol. The van der Waals surface area contributed by atoms with Crippen molar-refractivity contribution in [3.8, 4) is 5.75 Å². The summed E-state index contributed by atoms with van der Waals surface area (Å²) in [7, 11) is 1.73. The molecule has 1 unspecified atom stereocenters. The summed E-state index contributed by atoms with van der Waals surface area (Å²) in [5, 5.41) is 7.07. The molecule has 0 radical (unpaired) electrons. The van der Waals surface area contributed by atoms with Crippen LogP contribution in [0.5, 0.6) is 5.75 Å². The Labute approximate surface area is 179 Å². The maximum atomic E-state index is 12.3. The number of aromatic nitrogens is 3. The van der Waals surface area contributed by atoms with Gasteiger partial charge in [0.15, 0.2) is 0 Å². The molecule has 7 heteroatoms. The first-order chi connectivity index (χ1) is 14.7. The number of hydrogen-bond donors (Lipinski definition) is 1. The van der Waals surface area contributed by atoms with Crippen LogP contribution in [0.25, 0.3) is 0 Å². The van der Waals surface area contributed by atoms with Gasteiger partial charge >= 0.3 is 5.69 Å². The second kappa shape index (κ2) is 9.69. The van der Waals surface area contributed by atoms with E-state index in [0.717, 1.165) is 50.7 Å². The van der Waals surface area contributed by atoms with Crippen molar-refractivity contribution in [2.75, 3.05) is 38.2 Å². The molecule has 1 N–H and O–H groups in total. The molecule has 4 rings (SSSR count). The van der Waals surface area contributed by atoms with Gasteiger partial charge < -0.3 is 9.64 Å². The van der Waals surface area contributed by atoms with Gasteiger partial charge in [-0.15, -0.1) is 0 Å². The molecule has 7 nitrogen and oxygen atoms in total. The topological polar surface area (TPSA) is 66.4 Å². The van der Waals surface area contributed by atoms with Crippen LogP contribution in [0.3, 0.4) is 0 Å². The largest absolute Gasteiger partial charge is 0.495 e. The Kier molecular flexibility index (Phi) is 6.77. The summed E-state index contributed by atoms with van der Waals surface area (Å²) < 4.78 is 7.43. The van der Waals surface area contributed by atoms with Gasteiger partial charge in [-0.2, -0.15) is 5.10 Å². The third-order valence-corrected chi connectivity index (χ3v) is 6.84. The number of aromatic amines is 1. The molecule has 1 saturated carbocycles. The molecule has 1 aromatic carbocycles. The predicted octanol–water partition coefficient (Wildman–Crippen LogP) is 2.91. The molecule has 2 aromatic rings. The van der Waals surface area contributed by atoms with Crippen molar-refractivity contribution in [1.29, 1.82) is 0 Å². The number of para-hydroxylation sites is 2. The van der Waals surface area contributed by atoms with Crippen LogP contribution in [0, 0.1) is 5.92 Å². The van der Waals surface area contributed by atoms with E-state index in [2.05, 4.69) is 39.1 Å². The number of hydrogen-bond acceptors (Lipinski definition) is 5. The van der Waals surface area contributed by atoms with E-state index in [1.165, 1.54) is 37.8 Å². The van der Waals surface area contributed by atoms with Crippen molar-refractivity contribution in [1.82, 2.24) is 19.7 Å². The highest BCUT2D eigenvalue weighted by atomic mass is 16.5. The van der Waals surface area contributed by atoms with Crippen LogP contribution in [-0.2, 0) is 13.0 Å². The van der Waals surface area contributed by atoms with Crippen LogP contribution >= 0.6 is 0 Å². The lowest BCUT2D eigenvalue weighted by Gasteiger charge is -2.39. The van der Waals surface area contributed by atoms with Crippen LogP contribution in [0.2, 0.25) is 0 Å². The second-order valence-electron chi connectivity index (χ2n) is 8.81. The summed E-state index contributed by atoms with van der Waals surface area (Å²) in [4.78, 5) is 17.3. The SMILES string of the molecule is COc1ccccc1N1CCN(C(C)Cc2n[nH]c(=O)n2CC2CCCCC2)CC1. The Morgan fingerprint density at radius 1 is 1.13 bits per heavy atom. The van der Waals surface area contributed by atoms with Crippen LogP contribution in [-0.4, -0.2) is 59.0 Å². The van der Waals surface area contributed by atoms with Gasteiger partial charge in [-0.05, 0) is 37.8 Å². The molecule has 1 atom stereocenters. The quantitative estimate of drug-likeness (QED) is 0.756. The van der Waals surface area contributed by atoms with E-state index >= 15 is 0 Å². The summed E-state index contributed by atoms with van der Waals surface area (Å²) in [6, 6.07) is 8.58. The number of H-pyrrole nitrogens is 1. The van der Waals surface area contributed by atoms with E-state index in [1.54, 1.807) is 7.11 Å². The van der Waals surface area contributed by atoms with E-state index in [0.29, 0.717) is 12.0 Å². The number of anilines is 1. The number of benzene rings is 1. The van der Waals surface area contributed by atoms with E-state index in [4.69, 9.17) is 4.74 Å². The average Bonchev–Trinajstić information content (AvgIpc) is 3.13. The fourth-order valence-corrected chi connectivity index (χ4v) is 5.01. The molecule has 0 spiro atoms. The van der Waals surface area contributed by atoms with Gasteiger partial charge in [-0.25, -0.2) is 9.89 Å². The summed E-state index contributed by atoms with van der Waals surface area (Å²) in [6.07, 6.45) is 7.19. The Morgan fingerprint density at radius 2 is 1.87 bits per heavy atom. The van der Waals surface area contributed by atoms with Crippen molar-refractivity contribution >= 4 is 5.69 Å². The van der Waals surface area contributed by atoms with Crippen LogP contribution < -0.4 is 15.3 Å². The average molecular weight is 414 g/mol. The lowest BCUT2D eigenvalue weighted by Crippen LogP contribution is -2.50. The first-order valence-electron chi connectivity index (χ1n) is 11.4. The Bertz CT molecular complexity index is 862. The fourth-order valence-electron chi connectivity index (χ4n) is 5.01. The summed E-state index contributed by atoms with van der Waals surface area (Å²) >= 11 is 0. The van der Waals surface area contributed by atoms with E-state index in [9.17, 15) is 4.79 Å². The standard InChI is InChI=1S/C23H35N5O2/c1-18(16-22-24-25-23(29)28(22)17-19-8-4-3-5-9-19)26-12-14-27(15-13-26)20-10-6-7-11-21(20)30-2/h6-7,10-11,18-19H,3-5,8-9,12-17H2,1-2H3,(H,25,29). The van der Waals surface area contributed by atoms with Gasteiger partial charge in [0.05, 0.1) is 12.8 Å². The van der Waals surface area contributed by atoms with Crippen molar-refractivity contribution in [3.63, 3.8) is 0 Å². The van der Waals surface area contributed by atoms with Crippen LogP contribution in [0.15, 0.2) is 29.1 Å². The predicted molar refractivity (Wildman–Crippen MR) is 119 cm³/mol. The summed E-state index contributed by atoms with van der Waals surface area (Å²) in [6.45, 7) is 7.01. The van der Waals surface area contributed by atoms with E-state index in [-0.39, 0.29) is 5.69 Å². The minimum absolute atomic E-state index is 0.0521. The smallest absolute Gasteiger partial charge is 0.343 e. The molecule has 0 amide bonds. The van der Waals surface area contributed by atoms with Crippen LogP contribution in [0.4, 0.5) is 5.69 Å². The Morgan fingerprint density at radius 3 is 2.60 bits per heavy atom. The maximum Gasteiger partial charge on any atom is 0.343 e. The molecule has 2 aliphatic rings. The lowest BCUT2D eigenvalue weighted by molar-refractivity contribution is 0.192. The zero-order valence-corrected chi connectivity index (χ0v) is 18.3. The van der Waals surface area contributed by atoms with Gasteiger partial charge in [0, 0.05) is 45.2 Å². The second-order valence-corrected chi connectivity index (χ2v) is 8.81. The normalized spacial score (nSPS) is 19.7. The third-order valence-electron chi connectivity index (χ3n) is 6.84. The van der Waals surface area contributed by atoms with Gasteiger partial charge in [-0.3, -0.25) is 9.47 Å². The molecule has 1 aliphatic carbocycles. The third kappa shape index (κ3) is 4.72. The number of ether oxygens (including phenoxy) is 1. The molecule has 2 fully saturated rings. The molecule has 1 saturated heterocycles. The summed E-state index contributed by atoms with van der Waals surface area (Å²) in [5.41, 5.74) is 1.12. The lowest BCUT2D eigenvalue weighted by atomic mass is 9.89. The van der Waals surface area contributed by atoms with Gasteiger partial charge in [0.1, 0.15) is 11.6 Å². The minimum atomic E-state index is -0.0521. The van der Waals surface area contributed by atoms with Gasteiger partial charge in [0.25, 0.3) is 0 Å². The van der Waals surface area contributed by atoms with Crippen molar-refractivity contribution in [3.05, 3.63) is 40.6 Å². The van der Waals surface area contributed by atoms with Crippen molar-refractivity contribution < 1.29 is 4.74 Å². The molecule has 2 heterocycles. The number of piperazine rings is 1. The Balaban J connectivity index is 1.35. The molecule has 30 heavy (non-hydrogen) atoms.